The Morgan fingerprint density at radius 2 is 1.59 bits per heavy atom. The van der Waals surface area contributed by atoms with Crippen LogP contribution >= 0.6 is 11.3 Å². The molecule has 6 rings (SSSR count). The van der Waals surface area contributed by atoms with Crippen molar-refractivity contribution in [3.8, 4) is 34.0 Å². The van der Waals surface area contributed by atoms with Gasteiger partial charge in [0.15, 0.2) is 5.82 Å². The lowest BCUT2D eigenvalue weighted by Gasteiger charge is -2.15. The molecule has 0 aliphatic carbocycles. The second kappa shape index (κ2) is 14.9. The molecule has 0 amide bonds. The molecular formula is C36H36N4O8S. The Morgan fingerprint density at radius 1 is 0.816 bits per heavy atom. The summed E-state index contributed by atoms with van der Waals surface area (Å²) in [6.45, 7) is 2.98. The molecule has 0 atom stereocenters. The van der Waals surface area contributed by atoms with Gasteiger partial charge in [-0.15, -0.1) is 11.3 Å². The number of hydrogen-bond acceptors (Lipinski definition) is 10. The standard InChI is InChI=1S/C36H36N4O8S/c1-5-27-19-30-33(41)38(21-25-14-15-26(45-3)18-31(25)46-4)35(42)39(34(30)49-27)20-23-10-12-24(13-11-23)28-8-6-7-9-29(28)32-37-48-36(43)40(32)22-47-17-16-44-2/h6-15,18-19H,5,16-17,20-22H2,1-4H3. The Balaban J connectivity index is 1.35. The Kier molecular flexibility index (Phi) is 10.2. The number of thiophene rings is 1. The lowest BCUT2D eigenvalue weighted by Crippen LogP contribution is -2.40. The van der Waals surface area contributed by atoms with Crippen molar-refractivity contribution in [1.29, 1.82) is 0 Å². The van der Waals surface area contributed by atoms with Gasteiger partial charge >= 0.3 is 11.4 Å². The number of aromatic nitrogens is 4. The van der Waals surface area contributed by atoms with E-state index in [4.69, 9.17) is 23.5 Å². The molecule has 0 saturated carbocycles. The van der Waals surface area contributed by atoms with E-state index in [9.17, 15) is 14.4 Å². The van der Waals surface area contributed by atoms with Crippen LogP contribution in [0, 0.1) is 0 Å². The minimum atomic E-state index is -0.624. The number of ether oxygens (including phenoxy) is 4. The first-order chi connectivity index (χ1) is 23.9. The highest BCUT2D eigenvalue weighted by atomic mass is 32.1. The van der Waals surface area contributed by atoms with E-state index in [1.807, 2.05) is 61.5 Å². The van der Waals surface area contributed by atoms with Crippen molar-refractivity contribution in [2.75, 3.05) is 34.5 Å². The van der Waals surface area contributed by atoms with Crippen LogP contribution in [0.1, 0.15) is 22.9 Å². The smallest absolute Gasteiger partial charge is 0.443 e. The number of methoxy groups -OCH3 is 3. The zero-order valence-corrected chi connectivity index (χ0v) is 28.5. The summed E-state index contributed by atoms with van der Waals surface area (Å²) in [5.41, 5.74) is 3.20. The zero-order valence-electron chi connectivity index (χ0n) is 27.6. The van der Waals surface area contributed by atoms with Crippen LogP contribution in [0.3, 0.4) is 0 Å². The number of hydrogen-bond donors (Lipinski definition) is 0. The first-order valence-electron chi connectivity index (χ1n) is 15.7. The van der Waals surface area contributed by atoms with E-state index >= 15 is 0 Å². The van der Waals surface area contributed by atoms with Gasteiger partial charge < -0.3 is 18.9 Å². The van der Waals surface area contributed by atoms with E-state index in [1.165, 1.54) is 20.5 Å². The minimum Gasteiger partial charge on any atom is -0.497 e. The Bertz CT molecular complexity index is 2260. The van der Waals surface area contributed by atoms with Crippen molar-refractivity contribution in [3.05, 3.63) is 120 Å². The lowest BCUT2D eigenvalue weighted by molar-refractivity contribution is 0.0320. The van der Waals surface area contributed by atoms with E-state index in [2.05, 4.69) is 5.16 Å². The highest BCUT2D eigenvalue weighted by Crippen LogP contribution is 2.31. The summed E-state index contributed by atoms with van der Waals surface area (Å²) in [5, 5.41) is 4.55. The fourth-order valence-corrected chi connectivity index (χ4v) is 6.71. The number of fused-ring (bicyclic) bond motifs is 1. The first-order valence-corrected chi connectivity index (χ1v) is 16.5. The van der Waals surface area contributed by atoms with Crippen molar-refractivity contribution >= 4 is 21.6 Å². The van der Waals surface area contributed by atoms with Crippen LogP contribution in [0.25, 0.3) is 32.7 Å². The van der Waals surface area contributed by atoms with Gasteiger partial charge in [-0.3, -0.25) is 18.5 Å². The van der Waals surface area contributed by atoms with Crippen molar-refractivity contribution in [3.63, 3.8) is 0 Å². The van der Waals surface area contributed by atoms with Gasteiger partial charge in [-0.1, -0.05) is 60.6 Å². The molecular weight excluding hydrogens is 648 g/mol. The molecule has 0 aliphatic heterocycles. The van der Waals surface area contributed by atoms with Crippen LogP contribution in [-0.2, 0) is 35.7 Å². The maximum Gasteiger partial charge on any atom is 0.443 e. The van der Waals surface area contributed by atoms with Crippen molar-refractivity contribution in [1.82, 2.24) is 18.9 Å². The van der Waals surface area contributed by atoms with Crippen LogP contribution < -0.4 is 26.5 Å². The van der Waals surface area contributed by atoms with E-state index < -0.39 is 11.4 Å². The number of aryl methyl sites for hydroxylation is 1. The molecule has 6 aromatic rings. The lowest BCUT2D eigenvalue weighted by atomic mass is 9.98. The summed E-state index contributed by atoms with van der Waals surface area (Å²) in [6.07, 6.45) is 0.742. The number of rotatable bonds is 14. The quantitative estimate of drug-likeness (QED) is 0.146. The predicted molar refractivity (Wildman–Crippen MR) is 187 cm³/mol. The topological polar surface area (TPSA) is 129 Å². The van der Waals surface area contributed by atoms with Gasteiger partial charge in [0.05, 0.1) is 45.9 Å². The number of nitrogens with zero attached hydrogens (tertiary/aromatic N) is 4. The Morgan fingerprint density at radius 3 is 2.31 bits per heavy atom. The summed E-state index contributed by atoms with van der Waals surface area (Å²) in [6, 6.07) is 22.6. The zero-order chi connectivity index (χ0) is 34.5. The molecule has 0 unspecified atom stereocenters. The summed E-state index contributed by atoms with van der Waals surface area (Å²) < 4.78 is 30.7. The molecule has 13 heteroatoms. The Hall–Kier alpha value is -5.24. The highest BCUT2D eigenvalue weighted by Gasteiger charge is 2.20. The van der Waals surface area contributed by atoms with E-state index in [0.717, 1.165) is 28.0 Å². The normalized spacial score (nSPS) is 11.3. The van der Waals surface area contributed by atoms with E-state index in [-0.39, 0.29) is 25.4 Å². The van der Waals surface area contributed by atoms with Gasteiger partial charge in [0.1, 0.15) is 23.1 Å². The molecule has 12 nitrogen and oxygen atoms in total. The molecule has 254 valence electrons. The van der Waals surface area contributed by atoms with Crippen molar-refractivity contribution in [2.24, 2.45) is 0 Å². The Labute approximate surface area is 285 Å². The molecule has 0 bridgehead atoms. The van der Waals surface area contributed by atoms with Gasteiger partial charge in [0, 0.05) is 29.2 Å². The van der Waals surface area contributed by atoms with Crippen LogP contribution in [0.5, 0.6) is 11.5 Å². The van der Waals surface area contributed by atoms with Gasteiger partial charge in [0.2, 0.25) is 0 Å². The molecule has 0 N–H and O–H groups in total. The van der Waals surface area contributed by atoms with E-state index in [1.54, 1.807) is 44.1 Å². The predicted octanol–water partition coefficient (Wildman–Crippen LogP) is 5.01. The van der Waals surface area contributed by atoms with Crippen LogP contribution in [0.2, 0.25) is 0 Å². The fraction of sp³-hybridized carbons (Fsp3) is 0.278. The molecule has 3 aromatic heterocycles. The summed E-state index contributed by atoms with van der Waals surface area (Å²) >= 11 is 1.46. The number of benzene rings is 3. The fourth-order valence-electron chi connectivity index (χ4n) is 5.63. The molecule has 0 saturated heterocycles. The van der Waals surface area contributed by atoms with Crippen LogP contribution in [0.15, 0.2) is 91.7 Å². The maximum atomic E-state index is 14.1. The van der Waals surface area contributed by atoms with Gasteiger partial charge in [-0.25, -0.2) is 14.2 Å². The summed E-state index contributed by atoms with van der Waals surface area (Å²) in [5.74, 6) is 0.853. The molecule has 0 spiro atoms. The molecule has 0 aliphatic rings. The monoisotopic (exact) mass is 684 g/mol. The minimum absolute atomic E-state index is 0.0343. The van der Waals surface area contributed by atoms with Gasteiger partial charge in [-0.2, -0.15) is 0 Å². The molecule has 0 fully saturated rings. The molecule has 3 heterocycles. The van der Waals surface area contributed by atoms with E-state index in [0.29, 0.717) is 51.9 Å². The average molecular weight is 685 g/mol. The molecule has 3 aromatic carbocycles. The average Bonchev–Trinajstić information content (AvgIpc) is 3.74. The third-order valence-corrected chi connectivity index (χ3v) is 9.53. The molecule has 49 heavy (non-hydrogen) atoms. The van der Waals surface area contributed by atoms with Crippen molar-refractivity contribution < 1.29 is 23.5 Å². The van der Waals surface area contributed by atoms with Crippen molar-refractivity contribution in [2.45, 2.75) is 33.2 Å². The summed E-state index contributed by atoms with van der Waals surface area (Å²) in [7, 11) is 4.68. The highest BCUT2D eigenvalue weighted by molar-refractivity contribution is 7.18. The summed E-state index contributed by atoms with van der Waals surface area (Å²) in [4.78, 5) is 41.9. The SMILES string of the molecule is CCc1cc2c(=O)n(Cc3ccc(OC)cc3OC)c(=O)n(Cc3ccc(-c4ccccc4-c4noc(=O)n4COCCOC)cc3)c2s1. The third-order valence-electron chi connectivity index (χ3n) is 8.23. The largest absolute Gasteiger partial charge is 0.497 e. The third kappa shape index (κ3) is 6.86. The maximum absolute atomic E-state index is 14.1. The van der Waals surface area contributed by atoms with Crippen LogP contribution in [0.4, 0.5) is 0 Å². The molecule has 0 radical (unpaired) electrons. The van der Waals surface area contributed by atoms with Gasteiger partial charge in [0.25, 0.3) is 5.56 Å². The van der Waals surface area contributed by atoms with Gasteiger partial charge in [-0.05, 0) is 41.3 Å². The van der Waals surface area contributed by atoms with Crippen LogP contribution in [-0.4, -0.2) is 53.4 Å². The second-order valence-corrected chi connectivity index (χ2v) is 12.3. The first kappa shape index (κ1) is 33.7. The second-order valence-electron chi connectivity index (χ2n) is 11.2.